The number of hydrogen-bond acceptors (Lipinski definition) is 4. The monoisotopic (exact) mass is 267 g/mol. The van der Waals surface area contributed by atoms with Crippen molar-refractivity contribution in [3.8, 4) is 0 Å². The first-order valence-corrected chi connectivity index (χ1v) is 7.54. The van der Waals surface area contributed by atoms with Crippen LogP contribution in [0.5, 0.6) is 0 Å². The van der Waals surface area contributed by atoms with Gasteiger partial charge in [-0.05, 0) is 37.8 Å². The summed E-state index contributed by atoms with van der Waals surface area (Å²) in [5, 5.41) is 0. The van der Waals surface area contributed by atoms with Gasteiger partial charge in [0.2, 0.25) is 0 Å². The minimum Gasteiger partial charge on any atom is -0.378 e. The molecule has 2 N–H and O–H groups in total. The van der Waals surface area contributed by atoms with Crippen LogP contribution in [0, 0.1) is 12.8 Å². The lowest BCUT2D eigenvalue weighted by Gasteiger charge is -2.39. The molecule has 2 fully saturated rings. The maximum atomic E-state index is 6.45. The van der Waals surface area contributed by atoms with Crippen molar-refractivity contribution in [1.82, 2.24) is 0 Å². The zero-order chi connectivity index (χ0) is 12.6. The Bertz CT molecular complexity index is 412. The fourth-order valence-electron chi connectivity index (χ4n) is 3.10. The molecular formula is C14H21NO2S. The van der Waals surface area contributed by atoms with Crippen molar-refractivity contribution in [3.05, 3.63) is 21.9 Å². The molecule has 2 aliphatic rings. The average molecular weight is 267 g/mol. The zero-order valence-corrected chi connectivity index (χ0v) is 11.7. The van der Waals surface area contributed by atoms with E-state index in [-0.39, 0.29) is 11.6 Å². The lowest BCUT2D eigenvalue weighted by molar-refractivity contribution is -0.101. The predicted octanol–water partition coefficient (Wildman–Crippen LogP) is 2.64. The summed E-state index contributed by atoms with van der Waals surface area (Å²) in [6.45, 7) is 4.54. The Kier molecular flexibility index (Phi) is 3.45. The SMILES string of the molecule is Cc1ccc(C(N)C2CCOC3(CCOC3)C2)s1. The Morgan fingerprint density at radius 2 is 2.33 bits per heavy atom. The number of nitrogens with two attached hydrogens (primary N) is 1. The summed E-state index contributed by atoms with van der Waals surface area (Å²) in [7, 11) is 0. The molecule has 3 heterocycles. The number of rotatable bonds is 2. The van der Waals surface area contributed by atoms with Crippen LogP contribution in [0.25, 0.3) is 0 Å². The summed E-state index contributed by atoms with van der Waals surface area (Å²) in [6, 6.07) is 4.50. The summed E-state index contributed by atoms with van der Waals surface area (Å²) >= 11 is 1.82. The molecule has 18 heavy (non-hydrogen) atoms. The molecule has 1 aromatic heterocycles. The second-order valence-corrected chi connectivity index (χ2v) is 6.88. The highest BCUT2D eigenvalue weighted by atomic mass is 32.1. The van der Waals surface area contributed by atoms with Gasteiger partial charge in [0.15, 0.2) is 0 Å². The first kappa shape index (κ1) is 12.6. The smallest absolute Gasteiger partial charge is 0.0940 e. The highest BCUT2D eigenvalue weighted by Crippen LogP contribution is 2.41. The van der Waals surface area contributed by atoms with E-state index in [2.05, 4.69) is 19.1 Å². The fraction of sp³-hybridized carbons (Fsp3) is 0.714. The van der Waals surface area contributed by atoms with Crippen molar-refractivity contribution in [2.24, 2.45) is 11.7 Å². The van der Waals surface area contributed by atoms with Crippen molar-refractivity contribution in [2.75, 3.05) is 19.8 Å². The van der Waals surface area contributed by atoms with Crippen LogP contribution in [0.4, 0.5) is 0 Å². The van der Waals surface area contributed by atoms with E-state index in [0.29, 0.717) is 5.92 Å². The van der Waals surface area contributed by atoms with E-state index >= 15 is 0 Å². The van der Waals surface area contributed by atoms with Crippen LogP contribution in [-0.4, -0.2) is 25.4 Å². The second kappa shape index (κ2) is 4.93. The molecular weight excluding hydrogens is 246 g/mol. The quantitative estimate of drug-likeness (QED) is 0.896. The average Bonchev–Trinajstić information content (AvgIpc) is 2.98. The van der Waals surface area contributed by atoms with Crippen LogP contribution in [0.3, 0.4) is 0 Å². The predicted molar refractivity (Wildman–Crippen MR) is 72.8 cm³/mol. The molecule has 0 aliphatic carbocycles. The molecule has 2 saturated heterocycles. The highest BCUT2D eigenvalue weighted by molar-refractivity contribution is 7.12. The Labute approximate surface area is 112 Å². The zero-order valence-electron chi connectivity index (χ0n) is 10.9. The van der Waals surface area contributed by atoms with E-state index in [9.17, 15) is 0 Å². The van der Waals surface area contributed by atoms with Gasteiger partial charge < -0.3 is 15.2 Å². The molecule has 3 rings (SSSR count). The third-order valence-electron chi connectivity index (χ3n) is 4.20. The standard InChI is InChI=1S/C14H21NO2S/c1-10-2-3-12(18-10)13(15)11-4-6-17-14(8-11)5-7-16-9-14/h2-3,11,13H,4-9,15H2,1H3. The summed E-state index contributed by atoms with van der Waals surface area (Å²) in [5.41, 5.74) is 6.41. The molecule has 3 nitrogen and oxygen atoms in total. The Hall–Kier alpha value is -0.420. The van der Waals surface area contributed by atoms with Crippen molar-refractivity contribution in [1.29, 1.82) is 0 Å². The summed E-state index contributed by atoms with van der Waals surface area (Å²) < 4.78 is 11.5. The van der Waals surface area contributed by atoms with E-state index in [1.807, 2.05) is 11.3 Å². The summed E-state index contributed by atoms with van der Waals surface area (Å²) in [5.74, 6) is 0.526. The normalized spacial score (nSPS) is 34.0. The van der Waals surface area contributed by atoms with Crippen LogP contribution in [0.1, 0.15) is 35.1 Å². The minimum absolute atomic E-state index is 0.0349. The molecule has 0 amide bonds. The van der Waals surface area contributed by atoms with Gasteiger partial charge in [0.25, 0.3) is 0 Å². The van der Waals surface area contributed by atoms with Crippen molar-refractivity contribution >= 4 is 11.3 Å². The van der Waals surface area contributed by atoms with E-state index in [0.717, 1.165) is 39.1 Å². The van der Waals surface area contributed by atoms with Crippen molar-refractivity contribution in [3.63, 3.8) is 0 Å². The topological polar surface area (TPSA) is 44.5 Å². The van der Waals surface area contributed by atoms with E-state index in [1.54, 1.807) is 0 Å². The van der Waals surface area contributed by atoms with Gasteiger partial charge in [0.05, 0.1) is 12.2 Å². The molecule has 0 aromatic carbocycles. The van der Waals surface area contributed by atoms with Crippen LogP contribution in [-0.2, 0) is 9.47 Å². The van der Waals surface area contributed by atoms with E-state index < -0.39 is 0 Å². The van der Waals surface area contributed by atoms with Gasteiger partial charge in [-0.25, -0.2) is 0 Å². The molecule has 2 aliphatic heterocycles. The molecule has 3 atom stereocenters. The highest BCUT2D eigenvalue weighted by Gasteiger charge is 2.42. The number of thiophene rings is 1. The first-order valence-electron chi connectivity index (χ1n) is 6.72. The van der Waals surface area contributed by atoms with Crippen LogP contribution in [0.15, 0.2) is 12.1 Å². The Morgan fingerprint density at radius 3 is 3.00 bits per heavy atom. The number of ether oxygens (including phenoxy) is 2. The third kappa shape index (κ3) is 2.35. The van der Waals surface area contributed by atoms with Crippen LogP contribution < -0.4 is 5.73 Å². The molecule has 4 heteroatoms. The lowest BCUT2D eigenvalue weighted by Crippen LogP contribution is -2.43. The van der Waals surface area contributed by atoms with Gasteiger partial charge in [-0.1, -0.05) is 0 Å². The number of aryl methyl sites for hydroxylation is 1. The molecule has 100 valence electrons. The lowest BCUT2D eigenvalue weighted by atomic mass is 9.81. The summed E-state index contributed by atoms with van der Waals surface area (Å²) in [6.07, 6.45) is 3.14. The molecule has 0 radical (unpaired) electrons. The van der Waals surface area contributed by atoms with E-state index in [1.165, 1.54) is 9.75 Å². The summed E-state index contributed by atoms with van der Waals surface area (Å²) in [4.78, 5) is 2.65. The maximum Gasteiger partial charge on any atom is 0.0940 e. The van der Waals surface area contributed by atoms with Crippen molar-refractivity contribution in [2.45, 2.75) is 37.8 Å². The van der Waals surface area contributed by atoms with Crippen LogP contribution in [0.2, 0.25) is 0 Å². The third-order valence-corrected chi connectivity index (χ3v) is 5.30. The van der Waals surface area contributed by atoms with Gasteiger partial charge in [-0.15, -0.1) is 11.3 Å². The molecule has 3 unspecified atom stereocenters. The van der Waals surface area contributed by atoms with Gasteiger partial charge in [-0.3, -0.25) is 0 Å². The number of hydrogen-bond donors (Lipinski definition) is 1. The second-order valence-electron chi connectivity index (χ2n) is 5.56. The molecule has 0 saturated carbocycles. The maximum absolute atomic E-state index is 6.45. The van der Waals surface area contributed by atoms with E-state index in [4.69, 9.17) is 15.2 Å². The Balaban J connectivity index is 1.72. The molecule has 1 spiro atoms. The Morgan fingerprint density at radius 1 is 1.44 bits per heavy atom. The van der Waals surface area contributed by atoms with Gasteiger partial charge in [-0.2, -0.15) is 0 Å². The first-order chi connectivity index (χ1) is 8.69. The fourth-order valence-corrected chi connectivity index (χ4v) is 4.07. The van der Waals surface area contributed by atoms with Gasteiger partial charge in [0, 0.05) is 35.4 Å². The molecule has 1 aromatic rings. The molecule has 0 bridgehead atoms. The van der Waals surface area contributed by atoms with Gasteiger partial charge >= 0.3 is 0 Å². The van der Waals surface area contributed by atoms with Crippen molar-refractivity contribution < 1.29 is 9.47 Å². The largest absolute Gasteiger partial charge is 0.378 e. The minimum atomic E-state index is -0.0349. The van der Waals surface area contributed by atoms with Crippen LogP contribution >= 0.6 is 11.3 Å². The van der Waals surface area contributed by atoms with Gasteiger partial charge in [0.1, 0.15) is 0 Å².